The molecular formula is C20H21NO6S. The van der Waals surface area contributed by atoms with Crippen molar-refractivity contribution in [2.75, 3.05) is 20.3 Å². The highest BCUT2D eigenvalue weighted by Gasteiger charge is 2.17. The van der Waals surface area contributed by atoms with E-state index in [1.807, 2.05) is 13.0 Å². The monoisotopic (exact) mass is 403 g/mol. The largest absolute Gasteiger partial charge is 0.478 e. The maximum absolute atomic E-state index is 12.3. The number of para-hydroxylation sites is 1. The number of sulfonamides is 1. The van der Waals surface area contributed by atoms with Crippen LogP contribution >= 0.6 is 0 Å². The molecule has 1 N–H and O–H groups in total. The van der Waals surface area contributed by atoms with Gasteiger partial charge in [0.2, 0.25) is 10.0 Å². The van der Waals surface area contributed by atoms with Crippen molar-refractivity contribution in [2.24, 2.45) is 0 Å². The molecule has 0 spiro atoms. The number of carbonyl (C=O) groups excluding carboxylic acids is 1. The van der Waals surface area contributed by atoms with Gasteiger partial charge in [0.05, 0.1) is 12.0 Å². The van der Waals surface area contributed by atoms with E-state index in [-0.39, 0.29) is 18.0 Å². The fourth-order valence-electron chi connectivity index (χ4n) is 2.88. The summed E-state index contributed by atoms with van der Waals surface area (Å²) >= 11 is 0. The molecular weight excluding hydrogens is 382 g/mol. The molecule has 0 aliphatic heterocycles. The number of esters is 1. The number of benzene rings is 2. The number of ether oxygens (including phenoxy) is 2. The third-order valence-electron chi connectivity index (χ3n) is 4.28. The van der Waals surface area contributed by atoms with E-state index in [9.17, 15) is 13.2 Å². The van der Waals surface area contributed by atoms with E-state index in [4.69, 9.17) is 9.15 Å². The molecule has 0 atom stereocenters. The lowest BCUT2D eigenvalue weighted by atomic mass is 10.1. The predicted molar refractivity (Wildman–Crippen MR) is 104 cm³/mol. The van der Waals surface area contributed by atoms with Crippen molar-refractivity contribution in [1.29, 1.82) is 0 Å². The molecule has 28 heavy (non-hydrogen) atoms. The Morgan fingerprint density at radius 2 is 1.86 bits per heavy atom. The van der Waals surface area contributed by atoms with Crippen molar-refractivity contribution < 1.29 is 27.1 Å². The Kier molecular flexibility index (Phi) is 6.01. The summed E-state index contributed by atoms with van der Waals surface area (Å²) in [4.78, 5) is 11.5. The Balaban J connectivity index is 1.75. The lowest BCUT2D eigenvalue weighted by molar-refractivity contribution is -0.142. The van der Waals surface area contributed by atoms with Crippen LogP contribution in [0.15, 0.2) is 57.8 Å². The van der Waals surface area contributed by atoms with Gasteiger partial charge in [-0.1, -0.05) is 30.3 Å². The van der Waals surface area contributed by atoms with Gasteiger partial charge in [-0.3, -0.25) is 0 Å². The van der Waals surface area contributed by atoms with Gasteiger partial charge in [0, 0.05) is 17.5 Å². The lowest BCUT2D eigenvalue weighted by Gasteiger charge is -2.07. The van der Waals surface area contributed by atoms with Crippen LogP contribution in [-0.2, 0) is 26.0 Å². The molecule has 0 amide bonds. The van der Waals surface area contributed by atoms with Crippen LogP contribution in [0.5, 0.6) is 5.75 Å². The van der Waals surface area contributed by atoms with Crippen LogP contribution in [0, 0.1) is 6.92 Å². The molecule has 0 saturated carbocycles. The lowest BCUT2D eigenvalue weighted by Crippen LogP contribution is -2.26. The first-order valence-corrected chi connectivity index (χ1v) is 10.2. The zero-order valence-corrected chi connectivity index (χ0v) is 16.4. The standard InChI is InChI=1S/C20H21NO6S/c1-14-16(11-12-21-28(23,24)15-7-4-3-5-8-15)17-9-6-10-18(20(17)27-14)26-13-19(22)25-2/h3-10,21H,11-13H2,1-2H3. The molecule has 2 aromatic carbocycles. The Morgan fingerprint density at radius 1 is 1.11 bits per heavy atom. The Morgan fingerprint density at radius 3 is 2.57 bits per heavy atom. The van der Waals surface area contributed by atoms with E-state index >= 15 is 0 Å². The zero-order valence-electron chi connectivity index (χ0n) is 15.6. The van der Waals surface area contributed by atoms with Crippen LogP contribution in [-0.4, -0.2) is 34.6 Å². The van der Waals surface area contributed by atoms with Crippen molar-refractivity contribution in [2.45, 2.75) is 18.2 Å². The maximum Gasteiger partial charge on any atom is 0.343 e. The molecule has 7 nitrogen and oxygen atoms in total. The number of furan rings is 1. The highest BCUT2D eigenvalue weighted by molar-refractivity contribution is 7.89. The van der Waals surface area contributed by atoms with E-state index < -0.39 is 16.0 Å². The van der Waals surface area contributed by atoms with Crippen molar-refractivity contribution in [3.8, 4) is 5.75 Å². The molecule has 3 rings (SSSR count). The summed E-state index contributed by atoms with van der Waals surface area (Å²) in [5.41, 5.74) is 1.40. The van der Waals surface area contributed by atoms with E-state index in [0.717, 1.165) is 10.9 Å². The van der Waals surface area contributed by atoms with Crippen molar-refractivity contribution in [3.63, 3.8) is 0 Å². The second-order valence-electron chi connectivity index (χ2n) is 6.10. The first kappa shape index (κ1) is 19.9. The Bertz CT molecular complexity index is 1070. The molecule has 0 bridgehead atoms. The van der Waals surface area contributed by atoms with Crippen LogP contribution in [0.4, 0.5) is 0 Å². The quantitative estimate of drug-likeness (QED) is 0.581. The van der Waals surface area contributed by atoms with E-state index in [1.165, 1.54) is 7.11 Å². The number of hydrogen-bond donors (Lipinski definition) is 1. The zero-order chi connectivity index (χ0) is 20.1. The van der Waals surface area contributed by atoms with Crippen LogP contribution in [0.25, 0.3) is 11.0 Å². The topological polar surface area (TPSA) is 94.8 Å². The fourth-order valence-corrected chi connectivity index (χ4v) is 3.93. The average Bonchev–Trinajstić information content (AvgIpc) is 3.02. The van der Waals surface area contributed by atoms with Crippen LogP contribution in [0.1, 0.15) is 11.3 Å². The number of methoxy groups -OCH3 is 1. The SMILES string of the molecule is COC(=O)COc1cccc2c(CCNS(=O)(=O)c3ccccc3)c(C)oc12. The van der Waals surface area contributed by atoms with Crippen molar-refractivity contribution >= 4 is 27.0 Å². The molecule has 0 unspecified atom stereocenters. The van der Waals surface area contributed by atoms with Crippen molar-refractivity contribution in [1.82, 2.24) is 4.72 Å². The average molecular weight is 403 g/mol. The van der Waals surface area contributed by atoms with Gasteiger partial charge >= 0.3 is 5.97 Å². The Labute approximate surface area is 163 Å². The third kappa shape index (κ3) is 4.35. The summed E-state index contributed by atoms with van der Waals surface area (Å²) < 4.78 is 43.2. The van der Waals surface area contributed by atoms with E-state index in [0.29, 0.717) is 23.5 Å². The number of rotatable bonds is 8. The molecule has 0 radical (unpaired) electrons. The van der Waals surface area contributed by atoms with Gasteiger partial charge in [-0.25, -0.2) is 17.9 Å². The minimum atomic E-state index is -3.57. The fraction of sp³-hybridized carbons (Fsp3) is 0.250. The summed E-state index contributed by atoms with van der Waals surface area (Å²) in [6.45, 7) is 1.81. The molecule has 0 saturated heterocycles. The molecule has 1 heterocycles. The molecule has 0 aliphatic rings. The number of nitrogens with one attached hydrogen (secondary N) is 1. The van der Waals surface area contributed by atoms with Gasteiger partial charge in [0.25, 0.3) is 0 Å². The minimum Gasteiger partial charge on any atom is -0.478 e. The first-order valence-electron chi connectivity index (χ1n) is 8.67. The molecule has 3 aromatic rings. The van der Waals surface area contributed by atoms with Gasteiger partial charge in [0.15, 0.2) is 17.9 Å². The second kappa shape index (κ2) is 8.45. The highest BCUT2D eigenvalue weighted by atomic mass is 32.2. The minimum absolute atomic E-state index is 0.221. The predicted octanol–water partition coefficient (Wildman–Crippen LogP) is 2.81. The van der Waals surface area contributed by atoms with Gasteiger partial charge in [-0.05, 0) is 31.5 Å². The summed E-state index contributed by atoms with van der Waals surface area (Å²) in [7, 11) is -2.28. The smallest absolute Gasteiger partial charge is 0.343 e. The second-order valence-corrected chi connectivity index (χ2v) is 7.86. The number of hydrogen-bond acceptors (Lipinski definition) is 6. The summed E-state index contributed by atoms with van der Waals surface area (Å²) in [5, 5.41) is 0.818. The van der Waals surface area contributed by atoms with Gasteiger partial charge in [-0.2, -0.15) is 0 Å². The normalized spacial score (nSPS) is 11.5. The first-order chi connectivity index (χ1) is 13.4. The van der Waals surface area contributed by atoms with Gasteiger partial charge in [-0.15, -0.1) is 0 Å². The van der Waals surface area contributed by atoms with Gasteiger partial charge in [0.1, 0.15) is 5.76 Å². The van der Waals surface area contributed by atoms with Crippen LogP contribution in [0.2, 0.25) is 0 Å². The number of fused-ring (bicyclic) bond motifs is 1. The van der Waals surface area contributed by atoms with Crippen LogP contribution < -0.4 is 9.46 Å². The third-order valence-corrected chi connectivity index (χ3v) is 5.75. The van der Waals surface area contributed by atoms with Gasteiger partial charge < -0.3 is 13.9 Å². The summed E-state index contributed by atoms with van der Waals surface area (Å²) in [5.74, 6) is 0.612. The molecule has 1 aromatic heterocycles. The van der Waals surface area contributed by atoms with Crippen molar-refractivity contribution in [3.05, 3.63) is 59.9 Å². The number of carbonyl (C=O) groups is 1. The highest BCUT2D eigenvalue weighted by Crippen LogP contribution is 2.32. The Hall–Kier alpha value is -2.84. The number of aryl methyl sites for hydroxylation is 1. The molecule has 148 valence electrons. The van der Waals surface area contributed by atoms with E-state index in [2.05, 4.69) is 9.46 Å². The summed E-state index contributed by atoms with van der Waals surface area (Å²) in [6.07, 6.45) is 0.450. The maximum atomic E-state index is 12.3. The molecule has 0 aliphatic carbocycles. The molecule has 0 fully saturated rings. The van der Waals surface area contributed by atoms with E-state index in [1.54, 1.807) is 42.5 Å². The summed E-state index contributed by atoms with van der Waals surface area (Å²) in [6, 6.07) is 13.6. The molecule has 8 heteroatoms. The van der Waals surface area contributed by atoms with Crippen LogP contribution in [0.3, 0.4) is 0 Å².